The lowest BCUT2D eigenvalue weighted by Gasteiger charge is -2.22. The number of likely N-dealkylation sites (tertiary alicyclic amines) is 1. The first kappa shape index (κ1) is 10.9. The summed E-state index contributed by atoms with van der Waals surface area (Å²) in [6.07, 6.45) is 1.14. The molecule has 1 aliphatic heterocycles. The van der Waals surface area contributed by atoms with Crippen molar-refractivity contribution in [3.63, 3.8) is 0 Å². The molecule has 13 heavy (non-hydrogen) atoms. The molecule has 2 nitrogen and oxygen atoms in total. The van der Waals surface area contributed by atoms with Gasteiger partial charge in [0.15, 0.2) is 0 Å². The summed E-state index contributed by atoms with van der Waals surface area (Å²) < 4.78 is 0. The molecular formula is C10H19NOS. The number of thiol groups is 1. The third-order valence-electron chi connectivity index (χ3n) is 2.62. The SMILES string of the molecule is CC1CCN(C(=O)C(S)C(C)C)C1. The van der Waals surface area contributed by atoms with E-state index in [1.807, 2.05) is 18.7 Å². The molecule has 0 aromatic rings. The summed E-state index contributed by atoms with van der Waals surface area (Å²) in [4.78, 5) is 13.7. The molecule has 76 valence electrons. The van der Waals surface area contributed by atoms with Crippen LogP contribution < -0.4 is 0 Å². The second kappa shape index (κ2) is 4.36. The van der Waals surface area contributed by atoms with Crippen LogP contribution in [-0.4, -0.2) is 29.1 Å². The summed E-state index contributed by atoms with van der Waals surface area (Å²) >= 11 is 4.33. The normalized spacial score (nSPS) is 25.3. The van der Waals surface area contributed by atoms with Gasteiger partial charge >= 0.3 is 0 Å². The zero-order valence-corrected chi connectivity index (χ0v) is 9.55. The van der Waals surface area contributed by atoms with E-state index in [-0.39, 0.29) is 11.2 Å². The topological polar surface area (TPSA) is 20.3 Å². The van der Waals surface area contributed by atoms with Crippen molar-refractivity contribution in [3.05, 3.63) is 0 Å². The fourth-order valence-corrected chi connectivity index (χ4v) is 1.77. The molecule has 0 spiro atoms. The van der Waals surface area contributed by atoms with E-state index in [9.17, 15) is 4.79 Å². The van der Waals surface area contributed by atoms with Gasteiger partial charge in [0.05, 0.1) is 5.25 Å². The molecule has 0 aromatic heterocycles. The molecule has 0 N–H and O–H groups in total. The Morgan fingerprint density at radius 3 is 2.54 bits per heavy atom. The Hall–Kier alpha value is -0.180. The maximum Gasteiger partial charge on any atom is 0.235 e. The van der Waals surface area contributed by atoms with Crippen molar-refractivity contribution in [2.75, 3.05) is 13.1 Å². The Morgan fingerprint density at radius 2 is 2.15 bits per heavy atom. The van der Waals surface area contributed by atoms with Crippen LogP contribution in [0.4, 0.5) is 0 Å². The van der Waals surface area contributed by atoms with E-state index in [1.54, 1.807) is 0 Å². The van der Waals surface area contributed by atoms with E-state index in [4.69, 9.17) is 0 Å². The molecule has 0 saturated carbocycles. The van der Waals surface area contributed by atoms with Gasteiger partial charge in [0.1, 0.15) is 0 Å². The summed E-state index contributed by atoms with van der Waals surface area (Å²) in [5.41, 5.74) is 0. The molecular weight excluding hydrogens is 182 g/mol. The molecule has 1 fully saturated rings. The van der Waals surface area contributed by atoms with Gasteiger partial charge in [-0.2, -0.15) is 12.6 Å². The minimum absolute atomic E-state index is 0.120. The van der Waals surface area contributed by atoms with Crippen LogP contribution in [-0.2, 0) is 4.79 Å². The van der Waals surface area contributed by atoms with Gasteiger partial charge in [0.25, 0.3) is 0 Å². The Balaban J connectivity index is 2.48. The lowest BCUT2D eigenvalue weighted by Crippen LogP contribution is -2.37. The maximum atomic E-state index is 11.8. The van der Waals surface area contributed by atoms with Gasteiger partial charge in [-0.15, -0.1) is 0 Å². The predicted octanol–water partition coefficient (Wildman–Crippen LogP) is 1.81. The Morgan fingerprint density at radius 1 is 1.54 bits per heavy atom. The highest BCUT2D eigenvalue weighted by Crippen LogP contribution is 2.19. The van der Waals surface area contributed by atoms with Crippen LogP contribution in [0.5, 0.6) is 0 Å². The Labute approximate surface area is 86.1 Å². The first-order valence-electron chi connectivity index (χ1n) is 4.99. The molecule has 2 atom stereocenters. The maximum absolute atomic E-state index is 11.8. The molecule has 0 radical (unpaired) electrons. The minimum atomic E-state index is -0.120. The van der Waals surface area contributed by atoms with Gasteiger partial charge in [0.2, 0.25) is 5.91 Å². The van der Waals surface area contributed by atoms with E-state index >= 15 is 0 Å². The number of amides is 1. The van der Waals surface area contributed by atoms with Crippen molar-refractivity contribution in [2.45, 2.75) is 32.4 Å². The van der Waals surface area contributed by atoms with Crippen molar-refractivity contribution in [3.8, 4) is 0 Å². The van der Waals surface area contributed by atoms with Crippen molar-refractivity contribution in [1.82, 2.24) is 4.90 Å². The molecule has 0 aromatic carbocycles. The number of nitrogens with zero attached hydrogens (tertiary/aromatic N) is 1. The van der Waals surface area contributed by atoms with Crippen LogP contribution in [0.2, 0.25) is 0 Å². The van der Waals surface area contributed by atoms with E-state index in [1.165, 1.54) is 0 Å². The number of hydrogen-bond donors (Lipinski definition) is 1. The van der Waals surface area contributed by atoms with Crippen molar-refractivity contribution in [1.29, 1.82) is 0 Å². The number of hydrogen-bond acceptors (Lipinski definition) is 2. The van der Waals surface area contributed by atoms with Gasteiger partial charge in [-0.05, 0) is 18.3 Å². The summed E-state index contributed by atoms with van der Waals surface area (Å²) in [6, 6.07) is 0. The highest BCUT2D eigenvalue weighted by Gasteiger charge is 2.28. The van der Waals surface area contributed by atoms with Gasteiger partial charge in [-0.3, -0.25) is 4.79 Å². The lowest BCUT2D eigenvalue weighted by molar-refractivity contribution is -0.130. The first-order valence-corrected chi connectivity index (χ1v) is 5.51. The fraction of sp³-hybridized carbons (Fsp3) is 0.900. The molecule has 1 heterocycles. The summed E-state index contributed by atoms with van der Waals surface area (Å²) in [6.45, 7) is 8.10. The molecule has 0 bridgehead atoms. The molecule has 1 amide bonds. The molecule has 1 aliphatic rings. The average molecular weight is 201 g/mol. The second-order valence-electron chi connectivity index (χ2n) is 4.37. The van der Waals surface area contributed by atoms with Crippen molar-refractivity contribution in [2.24, 2.45) is 11.8 Å². The predicted molar refractivity (Wildman–Crippen MR) is 58.0 cm³/mol. The summed E-state index contributed by atoms with van der Waals surface area (Å²) in [5.74, 6) is 1.20. The summed E-state index contributed by atoms with van der Waals surface area (Å²) in [5, 5.41) is -0.120. The number of rotatable bonds is 2. The van der Waals surface area contributed by atoms with Gasteiger partial charge in [-0.25, -0.2) is 0 Å². The second-order valence-corrected chi connectivity index (χ2v) is 4.92. The number of carbonyl (C=O) groups excluding carboxylic acids is 1. The van der Waals surface area contributed by atoms with Crippen molar-refractivity contribution < 1.29 is 4.79 Å². The minimum Gasteiger partial charge on any atom is -0.341 e. The van der Waals surface area contributed by atoms with E-state index in [0.29, 0.717) is 11.8 Å². The van der Waals surface area contributed by atoms with E-state index in [2.05, 4.69) is 19.6 Å². The van der Waals surface area contributed by atoms with E-state index in [0.717, 1.165) is 19.5 Å². The first-order chi connectivity index (χ1) is 6.02. The summed E-state index contributed by atoms with van der Waals surface area (Å²) in [7, 11) is 0. The standard InChI is InChI=1S/C10H19NOS/c1-7(2)9(13)10(12)11-5-4-8(3)6-11/h7-9,13H,4-6H2,1-3H3. The van der Waals surface area contributed by atoms with Gasteiger partial charge in [-0.1, -0.05) is 20.8 Å². The molecule has 2 unspecified atom stereocenters. The largest absolute Gasteiger partial charge is 0.341 e. The average Bonchev–Trinajstić information content (AvgIpc) is 2.49. The molecule has 0 aliphatic carbocycles. The lowest BCUT2D eigenvalue weighted by atomic mass is 10.1. The van der Waals surface area contributed by atoms with Crippen molar-refractivity contribution >= 4 is 18.5 Å². The fourth-order valence-electron chi connectivity index (χ4n) is 1.61. The quantitative estimate of drug-likeness (QED) is 0.676. The van der Waals surface area contributed by atoms with Crippen LogP contribution in [0.15, 0.2) is 0 Å². The third kappa shape index (κ3) is 2.63. The molecule has 1 saturated heterocycles. The van der Waals surface area contributed by atoms with Crippen LogP contribution in [0.3, 0.4) is 0 Å². The highest BCUT2D eigenvalue weighted by molar-refractivity contribution is 7.81. The monoisotopic (exact) mass is 201 g/mol. The zero-order valence-electron chi connectivity index (χ0n) is 8.66. The zero-order chi connectivity index (χ0) is 10.0. The van der Waals surface area contributed by atoms with E-state index < -0.39 is 0 Å². The van der Waals surface area contributed by atoms with Crippen LogP contribution in [0, 0.1) is 11.8 Å². The molecule has 1 rings (SSSR count). The Bertz CT molecular complexity index is 193. The number of carbonyl (C=O) groups is 1. The van der Waals surface area contributed by atoms with Gasteiger partial charge < -0.3 is 4.90 Å². The van der Waals surface area contributed by atoms with Crippen LogP contribution >= 0.6 is 12.6 Å². The Kier molecular flexibility index (Phi) is 3.65. The highest BCUT2D eigenvalue weighted by atomic mass is 32.1. The van der Waals surface area contributed by atoms with Crippen LogP contribution in [0.25, 0.3) is 0 Å². The smallest absolute Gasteiger partial charge is 0.235 e. The molecule has 3 heteroatoms. The third-order valence-corrected chi connectivity index (χ3v) is 3.44. The van der Waals surface area contributed by atoms with Crippen LogP contribution in [0.1, 0.15) is 27.2 Å². The van der Waals surface area contributed by atoms with Gasteiger partial charge in [0, 0.05) is 13.1 Å².